The highest BCUT2D eigenvalue weighted by atomic mass is 127. The standard InChI is InChI=1S/C13H12I3NO3/c14-8-4-9(12(16)10(15)5-8)13(20)17-2-1-7(6-17)3-11(18)19/h4-5,7H,1-3,6H2,(H,18,19). The van der Waals surface area contributed by atoms with E-state index in [1.54, 1.807) is 4.90 Å². The van der Waals surface area contributed by atoms with Crippen LogP contribution in [0, 0.1) is 16.6 Å². The van der Waals surface area contributed by atoms with Gasteiger partial charge in [-0.1, -0.05) is 0 Å². The zero-order chi connectivity index (χ0) is 14.9. The molecule has 1 aliphatic heterocycles. The summed E-state index contributed by atoms with van der Waals surface area (Å²) in [4.78, 5) is 25.1. The maximum Gasteiger partial charge on any atom is 0.303 e. The average Bonchev–Trinajstić information content (AvgIpc) is 2.80. The first kappa shape index (κ1) is 16.7. The molecule has 0 spiro atoms. The van der Waals surface area contributed by atoms with Crippen molar-refractivity contribution in [2.75, 3.05) is 13.1 Å². The highest BCUT2D eigenvalue weighted by Crippen LogP contribution is 2.27. The number of halogens is 3. The maximum atomic E-state index is 12.6. The van der Waals surface area contributed by atoms with E-state index in [4.69, 9.17) is 5.11 Å². The number of aliphatic carboxylic acids is 1. The topological polar surface area (TPSA) is 57.6 Å². The minimum atomic E-state index is -0.789. The molecular weight excluding hydrogens is 599 g/mol. The van der Waals surface area contributed by atoms with E-state index in [0.29, 0.717) is 13.1 Å². The summed E-state index contributed by atoms with van der Waals surface area (Å²) in [5.41, 5.74) is 0.720. The predicted molar refractivity (Wildman–Crippen MR) is 101 cm³/mol. The fourth-order valence-electron chi connectivity index (χ4n) is 2.31. The van der Waals surface area contributed by atoms with Crippen LogP contribution in [0.15, 0.2) is 12.1 Å². The molecule has 1 unspecified atom stereocenters. The Kier molecular flexibility index (Phi) is 5.91. The average molecular weight is 611 g/mol. The van der Waals surface area contributed by atoms with Gasteiger partial charge in [0, 0.05) is 30.2 Å². The third-order valence-electron chi connectivity index (χ3n) is 3.26. The van der Waals surface area contributed by atoms with Gasteiger partial charge in [0.15, 0.2) is 0 Å². The summed E-state index contributed by atoms with van der Waals surface area (Å²) in [6.07, 6.45) is 0.917. The van der Waals surface area contributed by atoms with Crippen molar-refractivity contribution in [1.82, 2.24) is 4.90 Å². The van der Waals surface area contributed by atoms with Crippen LogP contribution in [0.25, 0.3) is 0 Å². The van der Waals surface area contributed by atoms with Gasteiger partial charge in [-0.3, -0.25) is 9.59 Å². The Balaban J connectivity index is 2.15. The van der Waals surface area contributed by atoms with Crippen molar-refractivity contribution in [3.8, 4) is 0 Å². The molecule has 1 N–H and O–H groups in total. The molecule has 7 heteroatoms. The molecule has 1 heterocycles. The molecule has 0 saturated carbocycles. The number of carboxylic acids is 1. The molecule has 1 amide bonds. The Morgan fingerprint density at radius 2 is 2.00 bits per heavy atom. The summed E-state index contributed by atoms with van der Waals surface area (Å²) in [5.74, 6) is -0.697. The second-order valence-corrected chi connectivity index (χ2v) is 8.24. The van der Waals surface area contributed by atoms with E-state index in [-0.39, 0.29) is 18.2 Å². The smallest absolute Gasteiger partial charge is 0.303 e. The zero-order valence-electron chi connectivity index (χ0n) is 10.4. The monoisotopic (exact) mass is 611 g/mol. The van der Waals surface area contributed by atoms with E-state index < -0.39 is 5.97 Å². The second kappa shape index (κ2) is 7.07. The predicted octanol–water partition coefficient (Wildman–Crippen LogP) is 3.44. The lowest BCUT2D eigenvalue weighted by Crippen LogP contribution is -2.30. The van der Waals surface area contributed by atoms with Gasteiger partial charge in [-0.2, -0.15) is 0 Å². The SMILES string of the molecule is O=C(O)CC1CCN(C(=O)c2cc(I)cc(I)c2I)C1. The Morgan fingerprint density at radius 3 is 2.65 bits per heavy atom. The quantitative estimate of drug-likeness (QED) is 0.422. The normalized spacial score (nSPS) is 18.4. The summed E-state index contributed by atoms with van der Waals surface area (Å²) in [6, 6.07) is 3.94. The highest BCUT2D eigenvalue weighted by molar-refractivity contribution is 14.1. The van der Waals surface area contributed by atoms with Gasteiger partial charge in [-0.25, -0.2) is 0 Å². The Bertz CT molecular complexity index is 562. The molecule has 1 atom stereocenters. The number of rotatable bonds is 3. The van der Waals surface area contributed by atoms with Crippen LogP contribution in [0.1, 0.15) is 23.2 Å². The lowest BCUT2D eigenvalue weighted by Gasteiger charge is -2.18. The van der Waals surface area contributed by atoms with Crippen molar-refractivity contribution in [2.45, 2.75) is 12.8 Å². The van der Waals surface area contributed by atoms with Crippen molar-refractivity contribution in [3.63, 3.8) is 0 Å². The maximum absolute atomic E-state index is 12.6. The van der Waals surface area contributed by atoms with Crippen molar-refractivity contribution < 1.29 is 14.7 Å². The molecule has 1 aliphatic rings. The van der Waals surface area contributed by atoms with Crippen LogP contribution < -0.4 is 0 Å². The number of carbonyl (C=O) groups excluding carboxylic acids is 1. The molecule has 1 aromatic carbocycles. The number of nitrogens with zero attached hydrogens (tertiary/aromatic N) is 1. The van der Waals surface area contributed by atoms with Crippen molar-refractivity contribution in [3.05, 3.63) is 28.4 Å². The number of benzene rings is 1. The second-order valence-electron chi connectivity index (χ2n) is 4.75. The van der Waals surface area contributed by atoms with Gasteiger partial charge < -0.3 is 10.0 Å². The Hall–Kier alpha value is 0.350. The van der Waals surface area contributed by atoms with Crippen molar-refractivity contribution >= 4 is 79.6 Å². The van der Waals surface area contributed by atoms with Crippen LogP contribution in [-0.4, -0.2) is 35.0 Å². The van der Waals surface area contributed by atoms with Crippen LogP contribution >= 0.6 is 67.8 Å². The third kappa shape index (κ3) is 3.96. The van der Waals surface area contributed by atoms with E-state index in [2.05, 4.69) is 67.8 Å². The Morgan fingerprint density at radius 1 is 1.30 bits per heavy atom. The molecule has 1 aromatic rings. The van der Waals surface area contributed by atoms with Gasteiger partial charge in [0.25, 0.3) is 5.91 Å². The number of hydrogen-bond donors (Lipinski definition) is 1. The van der Waals surface area contributed by atoms with Gasteiger partial charge >= 0.3 is 5.97 Å². The largest absolute Gasteiger partial charge is 0.481 e. The molecular formula is C13H12I3NO3. The highest BCUT2D eigenvalue weighted by Gasteiger charge is 2.29. The van der Waals surface area contributed by atoms with Gasteiger partial charge in [0.05, 0.1) is 5.56 Å². The summed E-state index contributed by atoms with van der Waals surface area (Å²) < 4.78 is 3.08. The third-order valence-corrected chi connectivity index (χ3v) is 6.93. The summed E-state index contributed by atoms with van der Waals surface area (Å²) in [6.45, 7) is 1.19. The first-order chi connectivity index (χ1) is 9.38. The van der Waals surface area contributed by atoms with Crippen molar-refractivity contribution in [2.24, 2.45) is 5.92 Å². The zero-order valence-corrected chi connectivity index (χ0v) is 16.9. The summed E-state index contributed by atoms with van der Waals surface area (Å²) in [5, 5.41) is 8.83. The van der Waals surface area contributed by atoms with Gasteiger partial charge in [0.2, 0.25) is 0 Å². The molecule has 4 nitrogen and oxygen atoms in total. The molecule has 0 aliphatic carbocycles. The first-order valence-electron chi connectivity index (χ1n) is 6.04. The molecule has 0 radical (unpaired) electrons. The number of carbonyl (C=O) groups is 2. The minimum absolute atomic E-state index is 0.0127. The molecule has 2 rings (SSSR count). The van der Waals surface area contributed by atoms with E-state index in [1.165, 1.54) is 0 Å². The van der Waals surface area contributed by atoms with Crippen LogP contribution in [0.2, 0.25) is 0 Å². The fraction of sp³-hybridized carbons (Fsp3) is 0.385. The molecule has 0 bridgehead atoms. The van der Waals surface area contributed by atoms with Gasteiger partial charge in [-0.05, 0) is 92.2 Å². The number of hydrogen-bond acceptors (Lipinski definition) is 2. The molecule has 1 saturated heterocycles. The van der Waals surface area contributed by atoms with Crippen LogP contribution in [0.3, 0.4) is 0 Å². The fourth-order valence-corrected chi connectivity index (χ4v) is 4.70. The van der Waals surface area contributed by atoms with E-state index >= 15 is 0 Å². The first-order valence-corrected chi connectivity index (χ1v) is 9.27. The van der Waals surface area contributed by atoms with Gasteiger partial charge in [0.1, 0.15) is 0 Å². The van der Waals surface area contributed by atoms with Crippen LogP contribution in [0.5, 0.6) is 0 Å². The lowest BCUT2D eigenvalue weighted by molar-refractivity contribution is -0.138. The molecule has 0 aromatic heterocycles. The Labute approximate surface area is 158 Å². The summed E-state index contributed by atoms with van der Waals surface area (Å²) in [7, 11) is 0. The molecule has 20 heavy (non-hydrogen) atoms. The van der Waals surface area contributed by atoms with Crippen molar-refractivity contribution in [1.29, 1.82) is 0 Å². The van der Waals surface area contributed by atoms with E-state index in [9.17, 15) is 9.59 Å². The number of carboxylic acid groups (broad SMARTS) is 1. The summed E-state index contributed by atoms with van der Waals surface area (Å²) >= 11 is 6.64. The van der Waals surface area contributed by atoms with Crippen LogP contribution in [0.4, 0.5) is 0 Å². The van der Waals surface area contributed by atoms with Crippen LogP contribution in [-0.2, 0) is 4.79 Å². The molecule has 1 fully saturated rings. The minimum Gasteiger partial charge on any atom is -0.481 e. The number of likely N-dealkylation sites (tertiary alicyclic amines) is 1. The van der Waals surface area contributed by atoms with E-state index in [1.807, 2.05) is 12.1 Å². The molecule has 108 valence electrons. The lowest BCUT2D eigenvalue weighted by atomic mass is 10.1. The van der Waals surface area contributed by atoms with Gasteiger partial charge in [-0.15, -0.1) is 0 Å². The van der Waals surface area contributed by atoms with E-state index in [0.717, 1.165) is 22.7 Å². The number of amides is 1.